The third-order valence-corrected chi connectivity index (χ3v) is 4.96. The summed E-state index contributed by atoms with van der Waals surface area (Å²) < 4.78 is 31.6. The summed E-state index contributed by atoms with van der Waals surface area (Å²) in [5.74, 6) is 0.114. The summed E-state index contributed by atoms with van der Waals surface area (Å²) in [5.41, 5.74) is 0. The van der Waals surface area contributed by atoms with E-state index in [2.05, 4.69) is 14.9 Å². The van der Waals surface area contributed by atoms with Gasteiger partial charge in [-0.1, -0.05) is 0 Å². The van der Waals surface area contributed by atoms with E-state index in [0.717, 1.165) is 19.7 Å². The molecule has 0 aromatic heterocycles. The summed E-state index contributed by atoms with van der Waals surface area (Å²) in [6.45, 7) is 3.56. The van der Waals surface area contributed by atoms with Gasteiger partial charge in [0.2, 0.25) is 10.0 Å². The van der Waals surface area contributed by atoms with Gasteiger partial charge in [-0.05, 0) is 26.4 Å². The van der Waals surface area contributed by atoms with Crippen LogP contribution in [0.2, 0.25) is 0 Å². The summed E-state index contributed by atoms with van der Waals surface area (Å²) in [5, 5.41) is 2.83. The molecule has 0 radical (unpaired) electrons. The molecular weight excluding hydrogens is 254 g/mol. The maximum absolute atomic E-state index is 11.6. The first kappa shape index (κ1) is 14.2. The molecule has 0 aromatic rings. The van der Waals surface area contributed by atoms with Gasteiger partial charge < -0.3 is 10.1 Å². The van der Waals surface area contributed by atoms with Crippen molar-refractivity contribution in [2.75, 3.05) is 45.6 Å². The summed E-state index contributed by atoms with van der Waals surface area (Å²) >= 11 is 0. The lowest BCUT2D eigenvalue weighted by atomic mass is 10.2. The van der Waals surface area contributed by atoms with Crippen molar-refractivity contribution in [3.8, 4) is 0 Å². The van der Waals surface area contributed by atoms with Crippen molar-refractivity contribution in [3.63, 3.8) is 0 Å². The quantitative estimate of drug-likeness (QED) is 0.651. The van der Waals surface area contributed by atoms with Crippen LogP contribution in [0.3, 0.4) is 0 Å². The zero-order valence-corrected chi connectivity index (χ0v) is 11.7. The Kier molecular flexibility index (Phi) is 4.97. The fraction of sp³-hybridized carbons (Fsp3) is 1.00. The van der Waals surface area contributed by atoms with E-state index in [1.165, 1.54) is 12.8 Å². The van der Waals surface area contributed by atoms with E-state index in [0.29, 0.717) is 19.1 Å². The highest BCUT2D eigenvalue weighted by Crippen LogP contribution is 2.22. The molecule has 2 aliphatic rings. The van der Waals surface area contributed by atoms with Gasteiger partial charge in [0.25, 0.3) is 0 Å². The highest BCUT2D eigenvalue weighted by Gasteiger charge is 2.32. The van der Waals surface area contributed by atoms with Crippen molar-refractivity contribution in [3.05, 3.63) is 0 Å². The number of hydrogen-bond donors (Lipinski definition) is 2. The molecule has 0 amide bonds. The number of fused-ring (bicyclic) bond motifs is 1. The summed E-state index contributed by atoms with van der Waals surface area (Å²) in [7, 11) is -1.43. The Labute approximate surface area is 109 Å². The molecular formula is C11H23N3O3S. The summed E-state index contributed by atoms with van der Waals surface area (Å²) in [6.07, 6.45) is 2.43. The lowest BCUT2D eigenvalue weighted by Gasteiger charge is -2.35. The lowest BCUT2D eigenvalue weighted by molar-refractivity contribution is -0.0448. The Balaban J connectivity index is 1.73. The molecule has 0 bridgehead atoms. The molecule has 2 saturated heterocycles. The molecule has 0 spiro atoms. The maximum atomic E-state index is 11.6. The second kappa shape index (κ2) is 6.29. The Bertz CT molecular complexity index is 361. The van der Waals surface area contributed by atoms with Gasteiger partial charge in [0.15, 0.2) is 0 Å². The van der Waals surface area contributed by atoms with E-state index < -0.39 is 10.0 Å². The molecule has 0 aromatic carbocycles. The topological polar surface area (TPSA) is 70.7 Å². The van der Waals surface area contributed by atoms with Crippen LogP contribution in [0.25, 0.3) is 0 Å². The molecule has 106 valence electrons. The van der Waals surface area contributed by atoms with Gasteiger partial charge in [-0.25, -0.2) is 13.1 Å². The summed E-state index contributed by atoms with van der Waals surface area (Å²) in [6, 6.07) is 0.558. The van der Waals surface area contributed by atoms with Gasteiger partial charge in [0, 0.05) is 25.7 Å². The Morgan fingerprint density at radius 3 is 3.06 bits per heavy atom. The monoisotopic (exact) mass is 277 g/mol. The molecule has 7 heteroatoms. The predicted octanol–water partition coefficient (Wildman–Crippen LogP) is -1.01. The highest BCUT2D eigenvalue weighted by molar-refractivity contribution is 7.89. The second-order valence-corrected chi connectivity index (χ2v) is 6.94. The minimum absolute atomic E-state index is 0.0105. The molecule has 2 fully saturated rings. The highest BCUT2D eigenvalue weighted by atomic mass is 32.2. The fourth-order valence-corrected chi connectivity index (χ4v) is 3.59. The normalized spacial score (nSPS) is 29.4. The van der Waals surface area contributed by atoms with Crippen molar-refractivity contribution < 1.29 is 13.2 Å². The molecule has 2 N–H and O–H groups in total. The predicted molar refractivity (Wildman–Crippen MR) is 70.1 cm³/mol. The minimum atomic E-state index is -3.18. The first-order valence-electron chi connectivity index (χ1n) is 6.58. The van der Waals surface area contributed by atoms with Gasteiger partial charge in [0.05, 0.1) is 18.5 Å². The molecule has 18 heavy (non-hydrogen) atoms. The molecule has 6 nitrogen and oxygen atoms in total. The van der Waals surface area contributed by atoms with Crippen molar-refractivity contribution in [2.45, 2.75) is 25.0 Å². The van der Waals surface area contributed by atoms with E-state index in [4.69, 9.17) is 4.74 Å². The average molecular weight is 277 g/mol. The zero-order valence-electron chi connectivity index (χ0n) is 10.9. The number of nitrogens with zero attached hydrogens (tertiary/aromatic N) is 1. The van der Waals surface area contributed by atoms with Crippen LogP contribution in [-0.2, 0) is 14.8 Å². The SMILES string of the molecule is CNCCS(=O)(=O)NCC1CN2CCCC2CO1. The molecule has 0 saturated carbocycles. The van der Waals surface area contributed by atoms with Crippen LogP contribution in [0, 0.1) is 0 Å². The number of rotatable bonds is 6. The van der Waals surface area contributed by atoms with Gasteiger partial charge in [0.1, 0.15) is 0 Å². The first-order valence-corrected chi connectivity index (χ1v) is 8.23. The summed E-state index contributed by atoms with van der Waals surface area (Å²) in [4.78, 5) is 2.41. The van der Waals surface area contributed by atoms with Crippen molar-refractivity contribution >= 4 is 10.0 Å². The Morgan fingerprint density at radius 1 is 1.44 bits per heavy atom. The van der Waals surface area contributed by atoms with Crippen LogP contribution in [0.4, 0.5) is 0 Å². The van der Waals surface area contributed by atoms with Crippen molar-refractivity contribution in [1.29, 1.82) is 0 Å². The minimum Gasteiger partial charge on any atom is -0.374 e. The molecule has 2 unspecified atom stereocenters. The van der Waals surface area contributed by atoms with Crippen LogP contribution < -0.4 is 10.0 Å². The van der Waals surface area contributed by atoms with Crippen LogP contribution in [-0.4, -0.2) is 71.0 Å². The zero-order chi connectivity index (χ0) is 13.0. The molecule has 2 aliphatic heterocycles. The number of morpholine rings is 1. The van der Waals surface area contributed by atoms with E-state index in [1.807, 2.05) is 0 Å². The van der Waals surface area contributed by atoms with Crippen molar-refractivity contribution in [1.82, 2.24) is 14.9 Å². The number of ether oxygens (including phenoxy) is 1. The van der Waals surface area contributed by atoms with Crippen LogP contribution >= 0.6 is 0 Å². The van der Waals surface area contributed by atoms with Gasteiger partial charge >= 0.3 is 0 Å². The smallest absolute Gasteiger partial charge is 0.212 e. The largest absolute Gasteiger partial charge is 0.374 e. The third kappa shape index (κ3) is 3.89. The third-order valence-electron chi connectivity index (χ3n) is 3.61. The van der Waals surface area contributed by atoms with Gasteiger partial charge in [-0.2, -0.15) is 0 Å². The first-order chi connectivity index (χ1) is 8.61. The van der Waals surface area contributed by atoms with E-state index >= 15 is 0 Å². The standard InChI is InChI=1S/C11H23N3O3S/c1-12-4-6-18(15,16)13-7-11-8-14-5-2-3-10(14)9-17-11/h10-13H,2-9H2,1H3. The molecule has 2 atom stereocenters. The van der Waals surface area contributed by atoms with Crippen LogP contribution in [0.1, 0.15) is 12.8 Å². The Morgan fingerprint density at radius 2 is 2.28 bits per heavy atom. The maximum Gasteiger partial charge on any atom is 0.212 e. The van der Waals surface area contributed by atoms with E-state index in [-0.39, 0.29) is 11.9 Å². The number of nitrogens with one attached hydrogen (secondary N) is 2. The second-order valence-electron chi connectivity index (χ2n) is 5.02. The lowest BCUT2D eigenvalue weighted by Crippen LogP contribution is -2.50. The van der Waals surface area contributed by atoms with E-state index in [1.54, 1.807) is 7.05 Å². The van der Waals surface area contributed by atoms with Crippen LogP contribution in [0.5, 0.6) is 0 Å². The van der Waals surface area contributed by atoms with Crippen LogP contribution in [0.15, 0.2) is 0 Å². The Hall–Kier alpha value is -0.210. The average Bonchev–Trinajstić information content (AvgIpc) is 2.81. The number of hydrogen-bond acceptors (Lipinski definition) is 5. The van der Waals surface area contributed by atoms with Gasteiger partial charge in [-0.15, -0.1) is 0 Å². The van der Waals surface area contributed by atoms with Crippen molar-refractivity contribution in [2.24, 2.45) is 0 Å². The fourth-order valence-electron chi connectivity index (χ4n) is 2.54. The number of sulfonamides is 1. The molecule has 2 heterocycles. The molecule has 0 aliphatic carbocycles. The van der Waals surface area contributed by atoms with Gasteiger partial charge in [-0.3, -0.25) is 4.90 Å². The molecule has 2 rings (SSSR count). The van der Waals surface area contributed by atoms with E-state index in [9.17, 15) is 8.42 Å².